The number of hydrogen-bond acceptors (Lipinski definition) is 6. The van der Waals surface area contributed by atoms with Crippen molar-refractivity contribution in [2.24, 2.45) is 0 Å². The molecule has 0 radical (unpaired) electrons. The molecule has 0 aliphatic carbocycles. The number of aromatic nitrogens is 1. The topological polar surface area (TPSA) is 73.6 Å². The highest BCUT2D eigenvalue weighted by molar-refractivity contribution is 7.99. The first-order chi connectivity index (χ1) is 13.0. The third-order valence-electron chi connectivity index (χ3n) is 4.11. The van der Waals surface area contributed by atoms with Crippen LogP contribution in [0.15, 0.2) is 22.7 Å². The maximum atomic E-state index is 12.3. The number of nitrogens with one attached hydrogen (secondary N) is 1. The number of aryl methyl sites for hydroxylation is 2. The van der Waals surface area contributed by atoms with Gasteiger partial charge in [-0.3, -0.25) is 4.79 Å². The first kappa shape index (κ1) is 21.2. The summed E-state index contributed by atoms with van der Waals surface area (Å²) in [7, 11) is 0. The fourth-order valence-electron chi connectivity index (χ4n) is 2.66. The molecule has 1 amide bonds. The second kappa shape index (κ2) is 10.3. The first-order valence-electron chi connectivity index (χ1n) is 9.14. The molecule has 0 bridgehead atoms. The maximum absolute atomic E-state index is 12.3. The standard InChI is InChI=1S/C20H28N2O4S/c1-6-24-18-9-8-16(10-19(18)25-7-2)13(3)21-20(23)12-27-11-17-14(4)22-26-15(17)5/h8-10,13H,6-7,11-12H2,1-5H3,(H,21,23). The molecule has 0 aliphatic rings. The molecule has 0 spiro atoms. The number of thioether (sulfide) groups is 1. The molecule has 6 nitrogen and oxygen atoms in total. The molecule has 27 heavy (non-hydrogen) atoms. The van der Waals surface area contributed by atoms with Crippen molar-refractivity contribution in [1.82, 2.24) is 10.5 Å². The molecule has 7 heteroatoms. The summed E-state index contributed by atoms with van der Waals surface area (Å²) in [5, 5.41) is 6.97. The second-order valence-corrected chi connectivity index (χ2v) is 7.14. The number of nitrogens with zero attached hydrogens (tertiary/aromatic N) is 1. The maximum Gasteiger partial charge on any atom is 0.230 e. The third kappa shape index (κ3) is 5.92. The predicted octanol–water partition coefficient (Wildman–Crippen LogP) is 4.20. The monoisotopic (exact) mass is 392 g/mol. The van der Waals surface area contributed by atoms with Crippen molar-refractivity contribution in [1.29, 1.82) is 0 Å². The van der Waals surface area contributed by atoms with Crippen LogP contribution in [-0.4, -0.2) is 30.0 Å². The van der Waals surface area contributed by atoms with E-state index in [1.807, 2.05) is 52.8 Å². The highest BCUT2D eigenvalue weighted by atomic mass is 32.2. The van der Waals surface area contributed by atoms with Gasteiger partial charge in [0.2, 0.25) is 5.91 Å². The van der Waals surface area contributed by atoms with Crippen LogP contribution in [0.4, 0.5) is 0 Å². The van der Waals surface area contributed by atoms with Crippen LogP contribution < -0.4 is 14.8 Å². The van der Waals surface area contributed by atoms with E-state index in [0.29, 0.717) is 30.5 Å². The fourth-order valence-corrected chi connectivity index (χ4v) is 3.64. The summed E-state index contributed by atoms with van der Waals surface area (Å²) in [5.41, 5.74) is 2.92. The Kier molecular flexibility index (Phi) is 8.03. The zero-order chi connectivity index (χ0) is 19.8. The molecule has 0 fully saturated rings. The van der Waals surface area contributed by atoms with Gasteiger partial charge < -0.3 is 19.3 Å². The highest BCUT2D eigenvalue weighted by Gasteiger charge is 2.14. The summed E-state index contributed by atoms with van der Waals surface area (Å²) >= 11 is 1.55. The molecule has 1 atom stereocenters. The number of benzene rings is 1. The average molecular weight is 393 g/mol. The van der Waals surface area contributed by atoms with E-state index in [9.17, 15) is 4.79 Å². The Morgan fingerprint density at radius 1 is 1.22 bits per heavy atom. The van der Waals surface area contributed by atoms with Gasteiger partial charge in [-0.2, -0.15) is 0 Å². The summed E-state index contributed by atoms with van der Waals surface area (Å²) < 4.78 is 16.4. The molecule has 2 rings (SSSR count). The van der Waals surface area contributed by atoms with E-state index in [1.165, 1.54) is 0 Å². The lowest BCUT2D eigenvalue weighted by atomic mass is 10.1. The van der Waals surface area contributed by atoms with Gasteiger partial charge >= 0.3 is 0 Å². The number of rotatable bonds is 10. The Bertz CT molecular complexity index is 741. The molecular formula is C20H28N2O4S. The minimum Gasteiger partial charge on any atom is -0.490 e. The normalized spacial score (nSPS) is 11.9. The van der Waals surface area contributed by atoms with Crippen molar-refractivity contribution < 1.29 is 18.8 Å². The van der Waals surface area contributed by atoms with Crippen LogP contribution in [0.25, 0.3) is 0 Å². The van der Waals surface area contributed by atoms with Gasteiger partial charge in [-0.25, -0.2) is 0 Å². The first-order valence-corrected chi connectivity index (χ1v) is 10.3. The van der Waals surface area contributed by atoms with Crippen molar-refractivity contribution in [3.63, 3.8) is 0 Å². The number of hydrogen-bond donors (Lipinski definition) is 1. The Labute approximate surface area is 165 Å². The van der Waals surface area contributed by atoms with Crippen molar-refractivity contribution in [3.05, 3.63) is 40.8 Å². The van der Waals surface area contributed by atoms with Crippen molar-refractivity contribution >= 4 is 17.7 Å². The zero-order valence-corrected chi connectivity index (χ0v) is 17.4. The van der Waals surface area contributed by atoms with Crippen molar-refractivity contribution in [2.75, 3.05) is 19.0 Å². The van der Waals surface area contributed by atoms with Gasteiger partial charge in [-0.1, -0.05) is 11.2 Å². The van der Waals surface area contributed by atoms with Crippen LogP contribution in [0.5, 0.6) is 11.5 Å². The van der Waals surface area contributed by atoms with E-state index in [4.69, 9.17) is 14.0 Å². The van der Waals surface area contributed by atoms with Crippen LogP contribution in [0.1, 0.15) is 49.4 Å². The van der Waals surface area contributed by atoms with Gasteiger partial charge in [0.05, 0.1) is 30.7 Å². The molecular weight excluding hydrogens is 364 g/mol. The number of carbonyl (C=O) groups excluding carboxylic acids is 1. The van der Waals surface area contributed by atoms with Crippen LogP contribution in [0, 0.1) is 13.8 Å². The summed E-state index contributed by atoms with van der Waals surface area (Å²) in [4.78, 5) is 12.3. The molecule has 148 valence electrons. The molecule has 1 aromatic carbocycles. The van der Waals surface area contributed by atoms with E-state index in [1.54, 1.807) is 11.8 Å². The molecule has 2 aromatic rings. The van der Waals surface area contributed by atoms with Gasteiger partial charge in [-0.05, 0) is 52.3 Å². The number of ether oxygens (including phenoxy) is 2. The molecule has 1 unspecified atom stereocenters. The van der Waals surface area contributed by atoms with Gasteiger partial charge in [-0.15, -0.1) is 11.8 Å². The van der Waals surface area contributed by atoms with Crippen LogP contribution in [0.2, 0.25) is 0 Å². The van der Waals surface area contributed by atoms with Crippen LogP contribution >= 0.6 is 11.8 Å². The highest BCUT2D eigenvalue weighted by Crippen LogP contribution is 2.30. The minimum absolute atomic E-state index is 0.00824. The second-order valence-electron chi connectivity index (χ2n) is 6.16. The van der Waals surface area contributed by atoms with Gasteiger partial charge in [0.1, 0.15) is 5.76 Å². The average Bonchev–Trinajstić information content (AvgIpc) is 2.95. The number of carbonyl (C=O) groups is 1. The molecule has 1 heterocycles. The Morgan fingerprint density at radius 3 is 2.56 bits per heavy atom. The minimum atomic E-state index is -0.118. The smallest absolute Gasteiger partial charge is 0.230 e. The van der Waals surface area contributed by atoms with Gasteiger partial charge in [0, 0.05) is 11.3 Å². The zero-order valence-electron chi connectivity index (χ0n) is 16.6. The molecule has 1 N–H and O–H groups in total. The lowest BCUT2D eigenvalue weighted by molar-refractivity contribution is -0.119. The molecule has 0 aliphatic heterocycles. The van der Waals surface area contributed by atoms with Gasteiger partial charge in [0.25, 0.3) is 0 Å². The SMILES string of the molecule is CCOc1ccc(C(C)NC(=O)CSCc2c(C)noc2C)cc1OCC. The van der Waals surface area contributed by atoms with E-state index < -0.39 is 0 Å². The largest absolute Gasteiger partial charge is 0.490 e. The Morgan fingerprint density at radius 2 is 1.93 bits per heavy atom. The van der Waals surface area contributed by atoms with Crippen LogP contribution in [-0.2, 0) is 10.5 Å². The van der Waals surface area contributed by atoms with Gasteiger partial charge in [0.15, 0.2) is 11.5 Å². The Hall–Kier alpha value is -2.15. The quantitative estimate of drug-likeness (QED) is 0.653. The van der Waals surface area contributed by atoms with E-state index in [-0.39, 0.29) is 11.9 Å². The molecule has 0 saturated carbocycles. The summed E-state index contributed by atoms with van der Waals surface area (Å²) in [6, 6.07) is 5.65. The lowest BCUT2D eigenvalue weighted by Crippen LogP contribution is -2.28. The fraction of sp³-hybridized carbons (Fsp3) is 0.500. The van der Waals surface area contributed by atoms with Crippen molar-refractivity contribution in [2.45, 2.75) is 46.4 Å². The lowest BCUT2D eigenvalue weighted by Gasteiger charge is -2.17. The molecule has 1 aromatic heterocycles. The van der Waals surface area contributed by atoms with E-state index in [2.05, 4.69) is 10.5 Å². The Balaban J connectivity index is 1.90. The summed E-state index contributed by atoms with van der Waals surface area (Å²) in [6.45, 7) is 10.8. The van der Waals surface area contributed by atoms with Crippen LogP contribution in [0.3, 0.4) is 0 Å². The van der Waals surface area contributed by atoms with E-state index in [0.717, 1.165) is 28.3 Å². The van der Waals surface area contributed by atoms with Crippen molar-refractivity contribution in [3.8, 4) is 11.5 Å². The predicted molar refractivity (Wildman–Crippen MR) is 107 cm³/mol. The number of amides is 1. The molecule has 0 saturated heterocycles. The third-order valence-corrected chi connectivity index (χ3v) is 5.06. The summed E-state index contributed by atoms with van der Waals surface area (Å²) in [6.07, 6.45) is 0. The van der Waals surface area contributed by atoms with E-state index >= 15 is 0 Å². The summed E-state index contributed by atoms with van der Waals surface area (Å²) in [5.74, 6) is 3.31.